The van der Waals surface area contributed by atoms with Crippen molar-refractivity contribution < 1.29 is 29.1 Å². The Morgan fingerprint density at radius 1 is 1.03 bits per heavy atom. The predicted molar refractivity (Wildman–Crippen MR) is 116 cm³/mol. The molecule has 168 valence electrons. The van der Waals surface area contributed by atoms with Crippen LogP contribution in [0.4, 0.5) is 4.79 Å². The molecule has 2 aromatic rings. The van der Waals surface area contributed by atoms with Crippen molar-refractivity contribution in [2.75, 3.05) is 6.61 Å². The second-order valence-corrected chi connectivity index (χ2v) is 8.27. The second kappa shape index (κ2) is 9.40. The van der Waals surface area contributed by atoms with Crippen molar-refractivity contribution in [1.29, 1.82) is 0 Å². The lowest BCUT2D eigenvalue weighted by Gasteiger charge is -2.20. The lowest BCUT2D eigenvalue weighted by atomic mass is 9.98. The normalized spacial score (nSPS) is 16.4. The number of hydrogen-bond donors (Lipinski definition) is 3. The average molecular weight is 438 g/mol. The molecule has 2 atom stereocenters. The average Bonchev–Trinajstić information content (AvgIpc) is 3.56. The summed E-state index contributed by atoms with van der Waals surface area (Å²) in [5.74, 6) is -1.54. The van der Waals surface area contributed by atoms with Gasteiger partial charge >= 0.3 is 12.1 Å². The largest absolute Gasteiger partial charge is 0.479 e. The maximum absolute atomic E-state index is 12.5. The number of aliphatic carboxylic acids is 1. The van der Waals surface area contributed by atoms with E-state index in [1.807, 2.05) is 36.4 Å². The van der Waals surface area contributed by atoms with Gasteiger partial charge in [0.15, 0.2) is 6.10 Å². The number of rotatable bonds is 9. The van der Waals surface area contributed by atoms with E-state index in [4.69, 9.17) is 14.7 Å². The molecule has 0 bridgehead atoms. The Hall–Kier alpha value is -3.39. The van der Waals surface area contributed by atoms with E-state index < -0.39 is 30.1 Å². The smallest absolute Gasteiger partial charge is 0.407 e. The van der Waals surface area contributed by atoms with Gasteiger partial charge in [0.1, 0.15) is 12.6 Å². The van der Waals surface area contributed by atoms with Crippen molar-refractivity contribution in [3.63, 3.8) is 0 Å². The minimum Gasteiger partial charge on any atom is -0.479 e. The van der Waals surface area contributed by atoms with Gasteiger partial charge in [0.25, 0.3) is 5.91 Å². The SMILES string of the molecule is CC(ONC(=O)[C@H](CC1CC1)NC(=O)OCC1c2ccccc2-c2ccccc21)C(=O)O. The van der Waals surface area contributed by atoms with Crippen molar-refractivity contribution >= 4 is 18.0 Å². The molecule has 32 heavy (non-hydrogen) atoms. The van der Waals surface area contributed by atoms with E-state index in [1.165, 1.54) is 6.92 Å². The molecule has 2 amide bonds. The van der Waals surface area contributed by atoms with Crippen LogP contribution >= 0.6 is 0 Å². The van der Waals surface area contributed by atoms with Gasteiger partial charge in [0.05, 0.1) is 0 Å². The summed E-state index contributed by atoms with van der Waals surface area (Å²) in [4.78, 5) is 40.7. The van der Waals surface area contributed by atoms with Crippen LogP contribution in [0.5, 0.6) is 0 Å². The highest BCUT2D eigenvalue weighted by molar-refractivity contribution is 5.85. The summed E-state index contributed by atoms with van der Waals surface area (Å²) in [5.41, 5.74) is 6.60. The first-order valence-electron chi connectivity index (χ1n) is 10.7. The van der Waals surface area contributed by atoms with E-state index >= 15 is 0 Å². The third-order valence-corrected chi connectivity index (χ3v) is 5.90. The van der Waals surface area contributed by atoms with Gasteiger partial charge in [0, 0.05) is 5.92 Å². The Kier molecular flexibility index (Phi) is 6.41. The van der Waals surface area contributed by atoms with Crippen LogP contribution in [0.2, 0.25) is 0 Å². The number of carbonyl (C=O) groups is 3. The molecule has 1 fully saturated rings. The highest BCUT2D eigenvalue weighted by Gasteiger charge is 2.33. The van der Waals surface area contributed by atoms with Gasteiger partial charge in [-0.05, 0) is 41.5 Å². The van der Waals surface area contributed by atoms with Crippen molar-refractivity contribution in [2.24, 2.45) is 5.92 Å². The molecular formula is C24H26N2O6. The van der Waals surface area contributed by atoms with Crippen LogP contribution in [0.3, 0.4) is 0 Å². The van der Waals surface area contributed by atoms with Crippen LogP contribution in [0.1, 0.15) is 43.2 Å². The van der Waals surface area contributed by atoms with E-state index in [0.29, 0.717) is 12.3 Å². The van der Waals surface area contributed by atoms with E-state index in [-0.39, 0.29) is 12.5 Å². The first-order chi connectivity index (χ1) is 15.4. The summed E-state index contributed by atoms with van der Waals surface area (Å²) in [7, 11) is 0. The molecule has 0 saturated heterocycles. The van der Waals surface area contributed by atoms with Crippen LogP contribution in [0.15, 0.2) is 48.5 Å². The van der Waals surface area contributed by atoms with E-state index in [2.05, 4.69) is 22.9 Å². The van der Waals surface area contributed by atoms with Gasteiger partial charge in [0.2, 0.25) is 0 Å². The number of ether oxygens (including phenoxy) is 1. The minimum atomic E-state index is -1.20. The Labute approximate surface area is 185 Å². The zero-order chi connectivity index (χ0) is 22.7. The molecule has 0 radical (unpaired) electrons. The van der Waals surface area contributed by atoms with Crippen LogP contribution in [0, 0.1) is 5.92 Å². The Morgan fingerprint density at radius 3 is 2.19 bits per heavy atom. The van der Waals surface area contributed by atoms with Gasteiger partial charge < -0.3 is 15.2 Å². The maximum atomic E-state index is 12.5. The number of alkyl carbamates (subject to hydrolysis) is 1. The first kappa shape index (κ1) is 21.8. The topological polar surface area (TPSA) is 114 Å². The Bertz CT molecular complexity index is 974. The molecule has 8 nitrogen and oxygen atoms in total. The quantitative estimate of drug-likeness (QED) is 0.518. The molecule has 3 N–H and O–H groups in total. The number of amides is 2. The third-order valence-electron chi connectivity index (χ3n) is 5.90. The predicted octanol–water partition coefficient (Wildman–Crippen LogP) is 3.21. The second-order valence-electron chi connectivity index (χ2n) is 8.27. The number of nitrogens with one attached hydrogen (secondary N) is 2. The Morgan fingerprint density at radius 2 is 1.62 bits per heavy atom. The van der Waals surface area contributed by atoms with Crippen LogP contribution in [-0.2, 0) is 19.2 Å². The van der Waals surface area contributed by atoms with Crippen molar-refractivity contribution in [3.05, 3.63) is 59.7 Å². The van der Waals surface area contributed by atoms with Crippen LogP contribution in [0.25, 0.3) is 11.1 Å². The van der Waals surface area contributed by atoms with Gasteiger partial charge in [-0.25, -0.2) is 15.1 Å². The highest BCUT2D eigenvalue weighted by Crippen LogP contribution is 2.44. The summed E-state index contributed by atoms with van der Waals surface area (Å²) in [5, 5.41) is 11.5. The van der Waals surface area contributed by atoms with Crippen molar-refractivity contribution in [3.8, 4) is 11.1 Å². The molecule has 2 aromatic carbocycles. The number of hydrogen-bond acceptors (Lipinski definition) is 5. The number of benzene rings is 2. The first-order valence-corrected chi connectivity index (χ1v) is 10.7. The molecule has 0 aromatic heterocycles. The number of hydroxylamine groups is 1. The third kappa shape index (κ3) is 4.91. The minimum absolute atomic E-state index is 0.0800. The van der Waals surface area contributed by atoms with Gasteiger partial charge in [-0.3, -0.25) is 9.63 Å². The monoisotopic (exact) mass is 438 g/mol. The molecule has 0 spiro atoms. The molecule has 1 unspecified atom stereocenters. The fraction of sp³-hybridized carbons (Fsp3) is 0.375. The fourth-order valence-corrected chi connectivity index (χ4v) is 3.97. The summed E-state index contributed by atoms with van der Waals surface area (Å²) >= 11 is 0. The molecule has 1 saturated carbocycles. The van der Waals surface area contributed by atoms with Crippen LogP contribution < -0.4 is 10.8 Å². The van der Waals surface area contributed by atoms with E-state index in [0.717, 1.165) is 35.1 Å². The number of carboxylic acids is 1. The van der Waals surface area contributed by atoms with Gasteiger partial charge in [-0.1, -0.05) is 61.4 Å². The summed E-state index contributed by atoms with van der Waals surface area (Å²) in [6.07, 6.45) is 0.528. The zero-order valence-electron chi connectivity index (χ0n) is 17.7. The molecule has 2 aliphatic carbocycles. The van der Waals surface area contributed by atoms with Gasteiger partial charge in [-0.15, -0.1) is 0 Å². The standard InChI is InChI=1S/C24H26N2O6/c1-14(23(28)29)32-26-22(27)21(12-15-10-11-15)25-24(30)31-13-20-18-8-4-2-6-16(18)17-7-3-5-9-19(17)20/h2-9,14-15,20-21H,10-13H2,1H3,(H,25,30)(H,26,27)(H,28,29)/t14?,21-/m0/s1. The van der Waals surface area contributed by atoms with E-state index in [9.17, 15) is 14.4 Å². The molecule has 2 aliphatic rings. The highest BCUT2D eigenvalue weighted by atomic mass is 16.7. The summed E-state index contributed by atoms with van der Waals surface area (Å²) < 4.78 is 5.52. The Balaban J connectivity index is 1.37. The van der Waals surface area contributed by atoms with Gasteiger partial charge in [-0.2, -0.15) is 0 Å². The number of carbonyl (C=O) groups excluding carboxylic acids is 2. The molecular weight excluding hydrogens is 412 g/mol. The summed E-state index contributed by atoms with van der Waals surface area (Å²) in [6, 6.07) is 15.2. The van der Waals surface area contributed by atoms with Crippen molar-refractivity contribution in [2.45, 2.75) is 44.2 Å². The maximum Gasteiger partial charge on any atom is 0.407 e. The molecule has 0 aliphatic heterocycles. The fourth-order valence-electron chi connectivity index (χ4n) is 3.97. The van der Waals surface area contributed by atoms with Crippen LogP contribution in [-0.4, -0.2) is 41.8 Å². The molecule has 8 heteroatoms. The summed E-state index contributed by atoms with van der Waals surface area (Å²) in [6.45, 7) is 1.45. The molecule has 0 heterocycles. The lowest BCUT2D eigenvalue weighted by Crippen LogP contribution is -2.48. The molecule has 4 rings (SSSR count). The van der Waals surface area contributed by atoms with E-state index in [1.54, 1.807) is 0 Å². The number of fused-ring (bicyclic) bond motifs is 3. The lowest BCUT2D eigenvalue weighted by molar-refractivity contribution is -0.159. The zero-order valence-corrected chi connectivity index (χ0v) is 17.7. The van der Waals surface area contributed by atoms with Crippen molar-refractivity contribution in [1.82, 2.24) is 10.8 Å². The number of carboxylic acid groups (broad SMARTS) is 1.